The van der Waals surface area contributed by atoms with Crippen LogP contribution in [-0.2, 0) is 10.3 Å². The van der Waals surface area contributed by atoms with E-state index in [2.05, 4.69) is 48.7 Å². The number of hydrogen-bond acceptors (Lipinski definition) is 5. The molecule has 2 aliphatic heterocycles. The number of carbonyl (C=O) groups excluding carboxylic acids is 1. The van der Waals surface area contributed by atoms with Gasteiger partial charge in [0.05, 0.1) is 11.7 Å². The summed E-state index contributed by atoms with van der Waals surface area (Å²) in [6.45, 7) is 6.17. The Labute approximate surface area is 204 Å². The molecule has 0 saturated carbocycles. The zero-order valence-electron chi connectivity index (χ0n) is 19.9. The first-order valence-electron chi connectivity index (χ1n) is 11.8. The highest BCUT2D eigenvalue weighted by Gasteiger charge is 2.53. The van der Waals surface area contributed by atoms with Crippen LogP contribution < -0.4 is 15.4 Å². The maximum absolute atomic E-state index is 13.0. The van der Waals surface area contributed by atoms with Gasteiger partial charge in [-0.25, -0.2) is 4.79 Å². The quantitative estimate of drug-likeness (QED) is 0.260. The molecule has 5 heteroatoms. The maximum atomic E-state index is 13.0. The summed E-state index contributed by atoms with van der Waals surface area (Å²) in [5.74, 6) is 1.04. The first-order chi connectivity index (χ1) is 16.9. The van der Waals surface area contributed by atoms with E-state index in [1.54, 1.807) is 0 Å². The third-order valence-electron chi connectivity index (χ3n) is 6.69. The molecule has 0 aromatic heterocycles. The minimum Gasteiger partial charge on any atom is -0.456 e. The van der Waals surface area contributed by atoms with Gasteiger partial charge in [-0.05, 0) is 63.2 Å². The van der Waals surface area contributed by atoms with E-state index in [4.69, 9.17) is 9.47 Å². The smallest absolute Gasteiger partial charge is 0.340 e. The molecule has 35 heavy (non-hydrogen) atoms. The lowest BCUT2D eigenvalue weighted by Gasteiger charge is -2.37. The van der Waals surface area contributed by atoms with Crippen LogP contribution in [0.4, 0.5) is 11.4 Å². The summed E-state index contributed by atoms with van der Waals surface area (Å²) < 4.78 is 12.6. The van der Waals surface area contributed by atoms with E-state index in [1.807, 2.05) is 67.6 Å². The number of anilines is 2. The fourth-order valence-corrected chi connectivity index (χ4v) is 5.06. The summed E-state index contributed by atoms with van der Waals surface area (Å²) in [6, 6.07) is 27.9. The predicted molar refractivity (Wildman–Crippen MR) is 137 cm³/mol. The Kier molecular flexibility index (Phi) is 4.81. The first-order valence-corrected chi connectivity index (χ1v) is 11.8. The third-order valence-corrected chi connectivity index (χ3v) is 6.69. The molecule has 2 heterocycles. The van der Waals surface area contributed by atoms with Crippen molar-refractivity contribution in [3.8, 4) is 11.5 Å². The summed E-state index contributed by atoms with van der Waals surface area (Å²) in [7, 11) is 0. The molecule has 2 N–H and O–H groups in total. The second-order valence-electron chi connectivity index (χ2n) is 9.31. The van der Waals surface area contributed by atoms with E-state index >= 15 is 0 Å². The molecule has 0 radical (unpaired) electrons. The molecule has 1 spiro atoms. The van der Waals surface area contributed by atoms with Crippen molar-refractivity contribution in [2.45, 2.75) is 32.5 Å². The number of benzene rings is 4. The molecule has 5 nitrogen and oxygen atoms in total. The van der Waals surface area contributed by atoms with Gasteiger partial charge in [0.25, 0.3) is 0 Å². The van der Waals surface area contributed by atoms with Crippen molar-refractivity contribution in [2.75, 3.05) is 10.6 Å². The summed E-state index contributed by atoms with van der Waals surface area (Å²) in [4.78, 5) is 13.0. The van der Waals surface area contributed by atoms with Gasteiger partial charge < -0.3 is 20.1 Å². The lowest BCUT2D eigenvalue weighted by atomic mass is 9.77. The molecular weight excluding hydrogens is 436 g/mol. The molecule has 0 fully saturated rings. The normalized spacial score (nSPS) is 18.1. The Morgan fingerprint density at radius 1 is 0.714 bits per heavy atom. The van der Waals surface area contributed by atoms with Gasteiger partial charge in [-0.1, -0.05) is 47.5 Å². The second-order valence-corrected chi connectivity index (χ2v) is 9.31. The largest absolute Gasteiger partial charge is 0.456 e. The molecule has 2 aliphatic rings. The molecule has 6 rings (SSSR count). The SMILES string of the molecule is Cc1ccc(NC(C)Nc2ccc3c(c2)Oc2ccc(C)cc2C32OC(=O)c3ccccc32)cc1. The van der Waals surface area contributed by atoms with Crippen molar-refractivity contribution in [1.29, 1.82) is 0 Å². The fraction of sp³-hybridized carbons (Fsp3) is 0.167. The average molecular weight is 463 g/mol. The van der Waals surface area contributed by atoms with Gasteiger partial charge in [0.2, 0.25) is 0 Å². The Bertz CT molecular complexity index is 1460. The average Bonchev–Trinajstić information content (AvgIpc) is 3.14. The van der Waals surface area contributed by atoms with Gasteiger partial charge in [0.15, 0.2) is 5.60 Å². The third kappa shape index (κ3) is 3.43. The van der Waals surface area contributed by atoms with E-state index in [9.17, 15) is 4.79 Å². The van der Waals surface area contributed by atoms with E-state index in [-0.39, 0.29) is 12.1 Å². The van der Waals surface area contributed by atoms with Crippen molar-refractivity contribution >= 4 is 17.3 Å². The van der Waals surface area contributed by atoms with Crippen LogP contribution in [0.5, 0.6) is 11.5 Å². The van der Waals surface area contributed by atoms with Gasteiger partial charge in [0.1, 0.15) is 11.5 Å². The molecule has 4 aromatic carbocycles. The molecule has 0 aliphatic carbocycles. The number of nitrogens with one attached hydrogen (secondary N) is 2. The van der Waals surface area contributed by atoms with Crippen molar-refractivity contribution < 1.29 is 14.3 Å². The zero-order valence-corrected chi connectivity index (χ0v) is 19.9. The number of carbonyl (C=O) groups is 1. The second kappa shape index (κ2) is 7.91. The molecule has 0 bridgehead atoms. The Hall–Kier alpha value is -4.25. The van der Waals surface area contributed by atoms with Crippen LogP contribution in [0.2, 0.25) is 0 Å². The molecule has 0 saturated heterocycles. The molecule has 2 atom stereocenters. The highest BCUT2D eigenvalue weighted by Crippen LogP contribution is 2.56. The van der Waals surface area contributed by atoms with Crippen molar-refractivity contribution in [3.63, 3.8) is 0 Å². The Balaban J connectivity index is 1.40. The Morgan fingerprint density at radius 2 is 1.43 bits per heavy atom. The summed E-state index contributed by atoms with van der Waals surface area (Å²) in [6.07, 6.45) is -0.0201. The van der Waals surface area contributed by atoms with Gasteiger partial charge in [0, 0.05) is 34.1 Å². The minimum atomic E-state index is -1.03. The molecule has 0 amide bonds. The van der Waals surface area contributed by atoms with Gasteiger partial charge >= 0.3 is 5.97 Å². The summed E-state index contributed by atoms with van der Waals surface area (Å²) in [5, 5.41) is 6.96. The van der Waals surface area contributed by atoms with Crippen LogP contribution in [0.1, 0.15) is 45.1 Å². The van der Waals surface area contributed by atoms with E-state index < -0.39 is 5.60 Å². The predicted octanol–water partition coefficient (Wildman–Crippen LogP) is 6.74. The van der Waals surface area contributed by atoms with Crippen LogP contribution in [0, 0.1) is 13.8 Å². The number of fused-ring (bicyclic) bond motifs is 6. The molecule has 174 valence electrons. The lowest BCUT2D eigenvalue weighted by molar-refractivity contribution is 0.0224. The number of aryl methyl sites for hydroxylation is 2. The summed E-state index contributed by atoms with van der Waals surface area (Å²) in [5.41, 5.74) is 6.31. The van der Waals surface area contributed by atoms with Crippen LogP contribution in [-0.4, -0.2) is 12.1 Å². The van der Waals surface area contributed by atoms with Gasteiger partial charge in [-0.3, -0.25) is 0 Å². The minimum absolute atomic E-state index is 0.0201. The number of hydrogen-bond donors (Lipinski definition) is 2. The van der Waals surface area contributed by atoms with Crippen molar-refractivity contribution in [1.82, 2.24) is 0 Å². The molecular formula is C30H26N2O3. The molecule has 2 unspecified atom stereocenters. The molecule has 4 aromatic rings. The van der Waals surface area contributed by atoms with E-state index in [0.717, 1.165) is 33.6 Å². The van der Waals surface area contributed by atoms with Crippen molar-refractivity contribution in [2.24, 2.45) is 0 Å². The van der Waals surface area contributed by atoms with Crippen LogP contribution in [0.25, 0.3) is 0 Å². The van der Waals surface area contributed by atoms with E-state index in [1.165, 1.54) is 5.56 Å². The standard InChI is InChI=1S/C30H26N2O3/c1-18-8-11-21(12-9-18)31-20(3)32-22-13-14-25-28(17-22)34-27-15-10-19(2)16-26(27)30(25)24-7-5-4-6-23(24)29(33)35-30/h4-17,20,31-32H,1-3H3. The van der Waals surface area contributed by atoms with E-state index in [0.29, 0.717) is 17.1 Å². The Morgan fingerprint density at radius 3 is 2.26 bits per heavy atom. The number of esters is 1. The number of rotatable bonds is 4. The summed E-state index contributed by atoms with van der Waals surface area (Å²) >= 11 is 0. The monoisotopic (exact) mass is 462 g/mol. The topological polar surface area (TPSA) is 59.6 Å². The highest BCUT2D eigenvalue weighted by molar-refractivity contribution is 5.97. The highest BCUT2D eigenvalue weighted by atomic mass is 16.6. The van der Waals surface area contributed by atoms with Gasteiger partial charge in [-0.2, -0.15) is 0 Å². The zero-order chi connectivity index (χ0) is 24.2. The van der Waals surface area contributed by atoms with Crippen LogP contribution in [0.3, 0.4) is 0 Å². The number of ether oxygens (including phenoxy) is 2. The van der Waals surface area contributed by atoms with Gasteiger partial charge in [-0.15, -0.1) is 0 Å². The van der Waals surface area contributed by atoms with Crippen molar-refractivity contribution in [3.05, 3.63) is 118 Å². The fourth-order valence-electron chi connectivity index (χ4n) is 5.06. The first kappa shape index (κ1) is 21.3. The van der Waals surface area contributed by atoms with Crippen LogP contribution >= 0.6 is 0 Å². The lowest BCUT2D eigenvalue weighted by Crippen LogP contribution is -2.33. The maximum Gasteiger partial charge on any atom is 0.340 e. The van der Waals surface area contributed by atoms with Crippen LogP contribution in [0.15, 0.2) is 84.9 Å².